The highest BCUT2D eigenvalue weighted by molar-refractivity contribution is 5.98. The molecule has 0 bridgehead atoms. The van der Waals surface area contributed by atoms with Gasteiger partial charge in [-0.2, -0.15) is 0 Å². The fourth-order valence-corrected chi connectivity index (χ4v) is 4.34. The first-order chi connectivity index (χ1) is 16.4. The number of fused-ring (bicyclic) bond motifs is 3. The molecule has 1 aliphatic rings. The molecule has 6 heteroatoms. The van der Waals surface area contributed by atoms with Crippen molar-refractivity contribution < 1.29 is 19.1 Å². The molecule has 1 aliphatic heterocycles. The van der Waals surface area contributed by atoms with Gasteiger partial charge in [-0.15, -0.1) is 0 Å². The maximum Gasteiger partial charge on any atom is 0.252 e. The number of ether oxygens (including phenoxy) is 2. The van der Waals surface area contributed by atoms with Crippen molar-refractivity contribution >= 4 is 11.8 Å². The van der Waals surface area contributed by atoms with Gasteiger partial charge in [-0.3, -0.25) is 9.59 Å². The fraction of sp³-hybridized carbons (Fsp3) is 0.286. The number of carbonyl (C=O) groups is 2. The maximum atomic E-state index is 13.8. The Hall–Kier alpha value is -3.80. The van der Waals surface area contributed by atoms with Crippen molar-refractivity contribution in [2.75, 3.05) is 14.2 Å². The highest BCUT2D eigenvalue weighted by Gasteiger charge is 2.31. The number of nitrogens with zero attached hydrogens (tertiary/aromatic N) is 1. The molecule has 1 unspecified atom stereocenters. The third-order valence-electron chi connectivity index (χ3n) is 6.19. The van der Waals surface area contributed by atoms with Gasteiger partial charge in [0.05, 0.1) is 14.2 Å². The average Bonchev–Trinajstić information content (AvgIpc) is 3.03. The summed E-state index contributed by atoms with van der Waals surface area (Å²) in [6.07, 6.45) is 0. The molecular formula is C28H30N2O4. The average molecular weight is 459 g/mol. The van der Waals surface area contributed by atoms with Crippen LogP contribution in [0.25, 0.3) is 11.1 Å². The smallest absolute Gasteiger partial charge is 0.252 e. The summed E-state index contributed by atoms with van der Waals surface area (Å²) in [4.78, 5) is 28.8. The van der Waals surface area contributed by atoms with Crippen molar-refractivity contribution in [2.45, 2.75) is 33.0 Å². The van der Waals surface area contributed by atoms with Crippen LogP contribution in [0.3, 0.4) is 0 Å². The number of methoxy groups -OCH3 is 2. The van der Waals surface area contributed by atoms with Crippen LogP contribution < -0.4 is 14.8 Å². The van der Waals surface area contributed by atoms with E-state index in [4.69, 9.17) is 9.47 Å². The molecule has 34 heavy (non-hydrogen) atoms. The van der Waals surface area contributed by atoms with Crippen LogP contribution in [0.1, 0.15) is 35.3 Å². The lowest BCUT2D eigenvalue weighted by Crippen LogP contribution is -2.50. The minimum absolute atomic E-state index is 0.0994. The maximum absolute atomic E-state index is 13.8. The van der Waals surface area contributed by atoms with E-state index in [-0.39, 0.29) is 17.7 Å². The van der Waals surface area contributed by atoms with Gasteiger partial charge in [0.1, 0.15) is 17.5 Å². The monoisotopic (exact) mass is 458 g/mol. The normalized spacial score (nSPS) is 13.4. The second-order valence-electron chi connectivity index (χ2n) is 8.81. The van der Waals surface area contributed by atoms with Gasteiger partial charge in [0.15, 0.2) is 0 Å². The Balaban J connectivity index is 1.62. The number of hydrogen-bond acceptors (Lipinski definition) is 4. The zero-order valence-electron chi connectivity index (χ0n) is 20.0. The van der Waals surface area contributed by atoms with Crippen LogP contribution in [0.5, 0.6) is 11.5 Å². The van der Waals surface area contributed by atoms with Crippen LogP contribution in [0.2, 0.25) is 0 Å². The molecule has 1 heterocycles. The Labute approximate surface area is 200 Å². The van der Waals surface area contributed by atoms with Crippen molar-refractivity contribution in [3.63, 3.8) is 0 Å². The number of benzene rings is 3. The zero-order chi connectivity index (χ0) is 24.2. The number of amides is 2. The predicted octanol–water partition coefficient (Wildman–Crippen LogP) is 4.67. The lowest BCUT2D eigenvalue weighted by atomic mass is 9.97. The Morgan fingerprint density at radius 3 is 1.79 bits per heavy atom. The van der Waals surface area contributed by atoms with Gasteiger partial charge in [-0.1, -0.05) is 62.4 Å². The van der Waals surface area contributed by atoms with Crippen molar-refractivity contribution in [1.82, 2.24) is 10.2 Å². The second-order valence-corrected chi connectivity index (χ2v) is 8.81. The molecule has 0 saturated heterocycles. The van der Waals surface area contributed by atoms with Crippen LogP contribution in [0.15, 0.2) is 66.7 Å². The quantitative estimate of drug-likeness (QED) is 0.583. The fourth-order valence-electron chi connectivity index (χ4n) is 4.34. The van der Waals surface area contributed by atoms with E-state index in [0.717, 1.165) is 22.3 Å². The van der Waals surface area contributed by atoms with Gasteiger partial charge in [0.25, 0.3) is 5.91 Å². The first-order valence-electron chi connectivity index (χ1n) is 11.4. The Kier molecular flexibility index (Phi) is 6.87. The van der Waals surface area contributed by atoms with E-state index >= 15 is 0 Å². The Bertz CT molecular complexity index is 1130. The number of nitrogens with one attached hydrogen (secondary N) is 1. The van der Waals surface area contributed by atoms with E-state index in [0.29, 0.717) is 30.2 Å². The lowest BCUT2D eigenvalue weighted by molar-refractivity contribution is -0.135. The largest absolute Gasteiger partial charge is 0.497 e. The summed E-state index contributed by atoms with van der Waals surface area (Å²) in [5.41, 5.74) is 4.84. The van der Waals surface area contributed by atoms with Crippen molar-refractivity contribution in [2.24, 2.45) is 5.92 Å². The van der Waals surface area contributed by atoms with Crippen molar-refractivity contribution in [1.29, 1.82) is 0 Å². The topological polar surface area (TPSA) is 67.9 Å². The van der Waals surface area contributed by atoms with Crippen LogP contribution in [-0.4, -0.2) is 37.0 Å². The molecule has 3 aromatic carbocycles. The molecule has 0 aromatic heterocycles. The summed E-state index contributed by atoms with van der Waals surface area (Å²) >= 11 is 0. The van der Waals surface area contributed by atoms with Crippen LogP contribution >= 0.6 is 0 Å². The minimum atomic E-state index is -0.679. The summed E-state index contributed by atoms with van der Waals surface area (Å²) in [6.45, 7) is 4.84. The molecule has 1 atom stereocenters. The van der Waals surface area contributed by atoms with Gasteiger partial charge in [-0.05, 0) is 40.3 Å². The summed E-state index contributed by atoms with van der Waals surface area (Å²) in [5, 5.41) is 2.96. The van der Waals surface area contributed by atoms with Gasteiger partial charge < -0.3 is 19.7 Å². The standard InChI is InChI=1S/C28H30N2O4/c1-18(2)26(29-27(31)21-13-22(33-3)15-23(14-21)34-4)28(32)30-16-19-9-5-7-11-24(19)25-12-8-6-10-20(25)17-30/h5-15,18,26H,16-17H2,1-4H3,(H,29,31). The van der Waals surface area contributed by atoms with Crippen LogP contribution in [0.4, 0.5) is 0 Å². The highest BCUT2D eigenvalue weighted by Crippen LogP contribution is 2.33. The van der Waals surface area contributed by atoms with E-state index in [1.54, 1.807) is 18.2 Å². The van der Waals surface area contributed by atoms with Crippen molar-refractivity contribution in [3.8, 4) is 22.6 Å². The van der Waals surface area contributed by atoms with Gasteiger partial charge in [0, 0.05) is 24.7 Å². The molecule has 176 valence electrons. The lowest BCUT2D eigenvalue weighted by Gasteiger charge is -2.29. The molecule has 0 aliphatic carbocycles. The van der Waals surface area contributed by atoms with Gasteiger partial charge in [0.2, 0.25) is 5.91 Å². The molecule has 3 aromatic rings. The Morgan fingerprint density at radius 2 is 1.32 bits per heavy atom. The summed E-state index contributed by atoms with van der Waals surface area (Å²) in [7, 11) is 3.07. The molecular weight excluding hydrogens is 428 g/mol. The summed E-state index contributed by atoms with van der Waals surface area (Å²) in [6, 6.07) is 20.6. The predicted molar refractivity (Wildman–Crippen MR) is 132 cm³/mol. The third-order valence-corrected chi connectivity index (χ3v) is 6.19. The first-order valence-corrected chi connectivity index (χ1v) is 11.4. The molecule has 0 spiro atoms. The number of carbonyl (C=O) groups excluding carboxylic acids is 2. The molecule has 4 rings (SSSR count). The summed E-state index contributed by atoms with van der Waals surface area (Å²) < 4.78 is 10.6. The SMILES string of the molecule is COc1cc(OC)cc(C(=O)NC(C(=O)N2Cc3ccccc3-c3ccccc3C2)C(C)C)c1. The van der Waals surface area contributed by atoms with Crippen molar-refractivity contribution in [3.05, 3.63) is 83.4 Å². The molecule has 2 amide bonds. The van der Waals surface area contributed by atoms with E-state index in [9.17, 15) is 9.59 Å². The number of hydrogen-bond donors (Lipinski definition) is 1. The van der Waals surface area contributed by atoms with Crippen LogP contribution in [0, 0.1) is 5.92 Å². The molecule has 1 N–H and O–H groups in total. The molecule has 0 saturated carbocycles. The molecule has 0 radical (unpaired) electrons. The first kappa shape index (κ1) is 23.4. The minimum Gasteiger partial charge on any atom is -0.497 e. The van der Waals surface area contributed by atoms with E-state index < -0.39 is 6.04 Å². The Morgan fingerprint density at radius 1 is 0.824 bits per heavy atom. The van der Waals surface area contributed by atoms with Gasteiger partial charge >= 0.3 is 0 Å². The second kappa shape index (κ2) is 10.00. The van der Waals surface area contributed by atoms with E-state index in [2.05, 4.69) is 29.6 Å². The zero-order valence-corrected chi connectivity index (χ0v) is 20.0. The highest BCUT2D eigenvalue weighted by atomic mass is 16.5. The third kappa shape index (κ3) is 4.76. The van der Waals surface area contributed by atoms with E-state index in [1.165, 1.54) is 14.2 Å². The molecule has 0 fully saturated rings. The number of rotatable bonds is 6. The van der Waals surface area contributed by atoms with E-state index in [1.807, 2.05) is 43.0 Å². The molecule has 6 nitrogen and oxygen atoms in total. The van der Waals surface area contributed by atoms with Gasteiger partial charge in [-0.25, -0.2) is 0 Å². The van der Waals surface area contributed by atoms with Crippen LogP contribution in [-0.2, 0) is 17.9 Å². The summed E-state index contributed by atoms with van der Waals surface area (Å²) in [5.74, 6) is 0.470.